The first-order valence-electron chi connectivity index (χ1n) is 8.37. The van der Waals surface area contributed by atoms with Gasteiger partial charge in [0.25, 0.3) is 0 Å². The van der Waals surface area contributed by atoms with E-state index < -0.39 is 0 Å². The number of aromatic nitrogens is 2. The van der Waals surface area contributed by atoms with Crippen LogP contribution in [0.3, 0.4) is 0 Å². The number of hydrogen-bond acceptors (Lipinski definition) is 2. The number of carbonyl (C=O) groups excluding carboxylic acids is 1. The Hall–Kier alpha value is -2.68. The van der Waals surface area contributed by atoms with E-state index in [1.165, 1.54) is 11.1 Å². The summed E-state index contributed by atoms with van der Waals surface area (Å²) >= 11 is 0. The van der Waals surface area contributed by atoms with Crippen LogP contribution in [-0.4, -0.2) is 15.6 Å². The number of aryl methyl sites for hydroxylation is 2. The Balaban J connectivity index is 1.80. The molecule has 120 valence electrons. The van der Waals surface area contributed by atoms with Crippen molar-refractivity contribution in [2.24, 2.45) is 0 Å². The van der Waals surface area contributed by atoms with E-state index >= 15 is 0 Å². The molecule has 1 atom stereocenters. The zero-order chi connectivity index (χ0) is 16.7. The lowest BCUT2D eigenvalue weighted by atomic mass is 9.81. The first kappa shape index (κ1) is 14.9. The van der Waals surface area contributed by atoms with E-state index in [2.05, 4.69) is 48.4 Å². The molecule has 0 fully saturated rings. The van der Waals surface area contributed by atoms with Gasteiger partial charge in [0, 0.05) is 6.42 Å². The van der Waals surface area contributed by atoms with E-state index in [-0.39, 0.29) is 11.7 Å². The number of fused-ring (bicyclic) bond motifs is 1. The summed E-state index contributed by atoms with van der Waals surface area (Å²) in [4.78, 5) is 12.7. The minimum atomic E-state index is 0.209. The Labute approximate surface area is 141 Å². The van der Waals surface area contributed by atoms with E-state index in [0.29, 0.717) is 6.42 Å². The SMILES string of the molecule is Cc1ccc(-n2nc(C)c3c2C[C@H](c2ccccc2)CC3=O)cc1. The van der Waals surface area contributed by atoms with Gasteiger partial charge in [-0.1, -0.05) is 48.0 Å². The lowest BCUT2D eigenvalue weighted by molar-refractivity contribution is 0.0963. The zero-order valence-electron chi connectivity index (χ0n) is 14.0. The highest BCUT2D eigenvalue weighted by Crippen LogP contribution is 2.35. The van der Waals surface area contributed by atoms with Crippen LogP contribution in [0.1, 0.15) is 45.2 Å². The highest BCUT2D eigenvalue weighted by Gasteiger charge is 2.31. The summed E-state index contributed by atoms with van der Waals surface area (Å²) in [5, 5.41) is 4.67. The number of carbonyl (C=O) groups is 1. The highest BCUT2D eigenvalue weighted by atomic mass is 16.1. The number of benzene rings is 2. The Bertz CT molecular complexity index is 892. The molecule has 1 aromatic heterocycles. The third-order valence-corrected chi connectivity index (χ3v) is 4.86. The molecule has 0 unspecified atom stereocenters. The van der Waals surface area contributed by atoms with Crippen LogP contribution in [0.5, 0.6) is 0 Å². The molecule has 0 radical (unpaired) electrons. The number of nitrogens with zero attached hydrogens (tertiary/aromatic N) is 2. The normalized spacial score (nSPS) is 16.9. The summed E-state index contributed by atoms with van der Waals surface area (Å²) in [5.41, 5.74) is 6.17. The fourth-order valence-corrected chi connectivity index (χ4v) is 3.62. The van der Waals surface area contributed by atoms with Crippen molar-refractivity contribution in [2.45, 2.75) is 32.6 Å². The smallest absolute Gasteiger partial charge is 0.167 e. The van der Waals surface area contributed by atoms with E-state index in [9.17, 15) is 4.79 Å². The van der Waals surface area contributed by atoms with E-state index in [1.54, 1.807) is 0 Å². The molecule has 1 heterocycles. The fraction of sp³-hybridized carbons (Fsp3) is 0.238. The molecule has 1 aliphatic rings. The third kappa shape index (κ3) is 2.46. The van der Waals surface area contributed by atoms with Gasteiger partial charge < -0.3 is 0 Å². The standard InChI is InChI=1S/C21H20N2O/c1-14-8-10-18(11-9-14)23-19-12-17(16-6-4-3-5-7-16)13-20(24)21(19)15(2)22-23/h3-11,17H,12-13H2,1-2H3/t17-/m0/s1. The first-order valence-corrected chi connectivity index (χ1v) is 8.37. The van der Waals surface area contributed by atoms with Crippen molar-refractivity contribution in [3.8, 4) is 5.69 Å². The second-order valence-corrected chi connectivity index (χ2v) is 6.59. The van der Waals surface area contributed by atoms with Gasteiger partial charge in [-0.25, -0.2) is 4.68 Å². The molecule has 3 nitrogen and oxygen atoms in total. The summed E-state index contributed by atoms with van der Waals surface area (Å²) < 4.78 is 1.96. The summed E-state index contributed by atoms with van der Waals surface area (Å²) in [6.07, 6.45) is 1.41. The predicted octanol–water partition coefficient (Wildman–Crippen LogP) is 4.40. The number of hydrogen-bond donors (Lipinski definition) is 0. The van der Waals surface area contributed by atoms with Crippen molar-refractivity contribution < 1.29 is 4.79 Å². The monoisotopic (exact) mass is 316 g/mol. The van der Waals surface area contributed by atoms with E-state index in [4.69, 9.17) is 0 Å². The van der Waals surface area contributed by atoms with Crippen LogP contribution >= 0.6 is 0 Å². The van der Waals surface area contributed by atoms with Crippen LogP contribution in [0.4, 0.5) is 0 Å². The van der Waals surface area contributed by atoms with Crippen LogP contribution < -0.4 is 0 Å². The number of ketones is 1. The minimum Gasteiger partial charge on any atom is -0.294 e. The zero-order valence-corrected chi connectivity index (χ0v) is 14.0. The van der Waals surface area contributed by atoms with Gasteiger partial charge >= 0.3 is 0 Å². The van der Waals surface area contributed by atoms with Crippen molar-refractivity contribution in [3.05, 3.63) is 82.7 Å². The van der Waals surface area contributed by atoms with Crippen molar-refractivity contribution in [2.75, 3.05) is 0 Å². The minimum absolute atomic E-state index is 0.209. The van der Waals surface area contributed by atoms with Crippen LogP contribution in [-0.2, 0) is 6.42 Å². The van der Waals surface area contributed by atoms with Crippen LogP contribution in [0, 0.1) is 13.8 Å². The Kier molecular flexibility index (Phi) is 3.57. The van der Waals surface area contributed by atoms with Gasteiger partial charge in [-0.2, -0.15) is 5.10 Å². The van der Waals surface area contributed by atoms with Gasteiger partial charge in [0.1, 0.15) is 0 Å². The molecular weight excluding hydrogens is 296 g/mol. The molecule has 2 aromatic carbocycles. The molecule has 0 spiro atoms. The fourth-order valence-electron chi connectivity index (χ4n) is 3.62. The molecule has 0 saturated carbocycles. The maximum atomic E-state index is 12.7. The highest BCUT2D eigenvalue weighted by molar-refractivity contribution is 6.00. The Morgan fingerprint density at radius 1 is 0.958 bits per heavy atom. The molecule has 0 amide bonds. The number of Topliss-reactive ketones (excluding diaryl/α,β-unsaturated/α-hetero) is 1. The molecule has 0 N–H and O–H groups in total. The average Bonchev–Trinajstić information content (AvgIpc) is 2.93. The molecule has 1 aliphatic carbocycles. The molecule has 3 heteroatoms. The summed E-state index contributed by atoms with van der Waals surface area (Å²) in [6, 6.07) is 18.6. The summed E-state index contributed by atoms with van der Waals surface area (Å²) in [6.45, 7) is 4.01. The van der Waals surface area contributed by atoms with Crippen LogP contribution in [0.25, 0.3) is 5.69 Å². The third-order valence-electron chi connectivity index (χ3n) is 4.86. The van der Waals surface area contributed by atoms with Crippen molar-refractivity contribution in [1.82, 2.24) is 9.78 Å². The van der Waals surface area contributed by atoms with Crippen molar-refractivity contribution >= 4 is 5.78 Å². The lowest BCUT2D eigenvalue weighted by Crippen LogP contribution is -2.20. The molecule has 24 heavy (non-hydrogen) atoms. The van der Waals surface area contributed by atoms with Gasteiger partial charge in [0.05, 0.1) is 22.6 Å². The van der Waals surface area contributed by atoms with Crippen molar-refractivity contribution in [1.29, 1.82) is 0 Å². The lowest BCUT2D eigenvalue weighted by Gasteiger charge is -2.23. The van der Waals surface area contributed by atoms with Gasteiger partial charge in [0.2, 0.25) is 0 Å². The second-order valence-electron chi connectivity index (χ2n) is 6.59. The van der Waals surface area contributed by atoms with Gasteiger partial charge in [0.15, 0.2) is 5.78 Å². The predicted molar refractivity (Wildman–Crippen MR) is 94.9 cm³/mol. The molecule has 3 aromatic rings. The summed E-state index contributed by atoms with van der Waals surface area (Å²) in [5.74, 6) is 0.437. The van der Waals surface area contributed by atoms with Gasteiger partial charge in [-0.3, -0.25) is 4.79 Å². The van der Waals surface area contributed by atoms with Crippen molar-refractivity contribution in [3.63, 3.8) is 0 Å². The van der Waals surface area contributed by atoms with E-state index in [1.807, 2.05) is 29.8 Å². The maximum Gasteiger partial charge on any atom is 0.167 e. The largest absolute Gasteiger partial charge is 0.294 e. The molecule has 4 rings (SSSR count). The maximum absolute atomic E-state index is 12.7. The quantitative estimate of drug-likeness (QED) is 0.702. The number of rotatable bonds is 2. The second kappa shape index (κ2) is 5.75. The Morgan fingerprint density at radius 2 is 1.67 bits per heavy atom. The Morgan fingerprint density at radius 3 is 2.38 bits per heavy atom. The molecule has 0 saturated heterocycles. The van der Waals surface area contributed by atoms with Gasteiger partial charge in [-0.15, -0.1) is 0 Å². The average molecular weight is 316 g/mol. The topological polar surface area (TPSA) is 34.9 Å². The van der Waals surface area contributed by atoms with Crippen LogP contribution in [0.15, 0.2) is 54.6 Å². The van der Waals surface area contributed by atoms with Gasteiger partial charge in [-0.05, 0) is 43.9 Å². The first-order chi connectivity index (χ1) is 11.6. The van der Waals surface area contributed by atoms with Crippen LogP contribution in [0.2, 0.25) is 0 Å². The van der Waals surface area contributed by atoms with E-state index in [0.717, 1.165) is 29.1 Å². The molecular formula is C21H20N2O. The molecule has 0 aliphatic heterocycles. The summed E-state index contributed by atoms with van der Waals surface area (Å²) in [7, 11) is 0. The molecule has 0 bridgehead atoms.